The molecule has 1 aromatic heterocycles. The molecule has 1 amide bonds. The summed E-state index contributed by atoms with van der Waals surface area (Å²) in [5, 5.41) is 10.5. The number of hydrogen-bond acceptors (Lipinski definition) is 4. The molecule has 1 aliphatic rings. The van der Waals surface area contributed by atoms with Gasteiger partial charge in [-0.3, -0.25) is 4.79 Å². The molecule has 120 valence electrons. The van der Waals surface area contributed by atoms with Gasteiger partial charge in [0.2, 0.25) is 0 Å². The number of likely N-dealkylation sites (tertiary alicyclic amines) is 1. The maximum absolute atomic E-state index is 12.6. The van der Waals surface area contributed by atoms with Gasteiger partial charge in [0, 0.05) is 12.1 Å². The molecule has 0 aliphatic carbocycles. The first kappa shape index (κ1) is 16.0. The van der Waals surface area contributed by atoms with Gasteiger partial charge in [-0.1, -0.05) is 29.8 Å². The van der Waals surface area contributed by atoms with Gasteiger partial charge in [-0.25, -0.2) is 9.78 Å². The number of piperidine rings is 1. The van der Waals surface area contributed by atoms with Gasteiger partial charge in [0.05, 0.1) is 11.2 Å². The molecule has 5 nitrogen and oxygen atoms in total. The van der Waals surface area contributed by atoms with E-state index in [-0.39, 0.29) is 5.91 Å². The molecule has 3 rings (SSSR count). The van der Waals surface area contributed by atoms with Crippen molar-refractivity contribution in [3.8, 4) is 10.6 Å². The summed E-state index contributed by atoms with van der Waals surface area (Å²) in [6.07, 6.45) is 3.65. The van der Waals surface area contributed by atoms with Crippen molar-refractivity contribution >= 4 is 34.8 Å². The molecule has 0 spiro atoms. The standard InChI is InChI=1S/C16H15ClN2O3S/c17-11-6-2-1-5-10(11)14-18-9-13(23-14)15(20)19-8-4-3-7-12(19)16(21)22/h1-2,5-6,9,12H,3-4,7-8H2,(H,21,22)/t12-/m1/s1. The summed E-state index contributed by atoms with van der Waals surface area (Å²) in [6, 6.07) is 6.55. The van der Waals surface area contributed by atoms with Crippen molar-refractivity contribution in [2.75, 3.05) is 6.54 Å². The Morgan fingerprint density at radius 1 is 1.30 bits per heavy atom. The molecule has 1 saturated heterocycles. The third-order valence-corrected chi connectivity index (χ3v) is 5.22. The fourth-order valence-electron chi connectivity index (χ4n) is 2.71. The summed E-state index contributed by atoms with van der Waals surface area (Å²) in [5.74, 6) is -1.22. The van der Waals surface area contributed by atoms with Crippen LogP contribution in [0.4, 0.5) is 0 Å². The summed E-state index contributed by atoms with van der Waals surface area (Å²) in [5.41, 5.74) is 0.770. The zero-order valence-corrected chi connectivity index (χ0v) is 13.8. The number of thiazole rings is 1. The Hall–Kier alpha value is -1.92. The first-order valence-electron chi connectivity index (χ1n) is 7.32. The van der Waals surface area contributed by atoms with Gasteiger partial charge in [0.15, 0.2) is 0 Å². The number of carboxylic acid groups (broad SMARTS) is 1. The van der Waals surface area contributed by atoms with Crippen molar-refractivity contribution in [2.24, 2.45) is 0 Å². The highest BCUT2D eigenvalue weighted by Crippen LogP contribution is 2.32. The highest BCUT2D eigenvalue weighted by atomic mass is 35.5. The molecule has 0 radical (unpaired) electrons. The van der Waals surface area contributed by atoms with Gasteiger partial charge < -0.3 is 10.0 Å². The minimum atomic E-state index is -0.950. The summed E-state index contributed by atoms with van der Waals surface area (Å²) in [6.45, 7) is 0.467. The van der Waals surface area contributed by atoms with E-state index in [0.717, 1.165) is 18.4 Å². The first-order chi connectivity index (χ1) is 11.1. The van der Waals surface area contributed by atoms with E-state index in [2.05, 4.69) is 4.98 Å². The third kappa shape index (κ3) is 3.23. The van der Waals surface area contributed by atoms with E-state index in [4.69, 9.17) is 11.6 Å². The number of carbonyl (C=O) groups excluding carboxylic acids is 1. The van der Waals surface area contributed by atoms with Crippen molar-refractivity contribution in [3.63, 3.8) is 0 Å². The van der Waals surface area contributed by atoms with Crippen LogP contribution in [-0.2, 0) is 4.79 Å². The molecule has 1 aromatic carbocycles. The van der Waals surface area contributed by atoms with Crippen LogP contribution in [0.3, 0.4) is 0 Å². The number of carboxylic acids is 1. The van der Waals surface area contributed by atoms with Crippen molar-refractivity contribution in [1.82, 2.24) is 9.88 Å². The van der Waals surface area contributed by atoms with Crippen LogP contribution in [0.5, 0.6) is 0 Å². The molecule has 2 heterocycles. The lowest BCUT2D eigenvalue weighted by molar-refractivity contribution is -0.143. The van der Waals surface area contributed by atoms with Crippen molar-refractivity contribution in [3.05, 3.63) is 40.4 Å². The zero-order valence-electron chi connectivity index (χ0n) is 12.2. The van der Waals surface area contributed by atoms with Crippen LogP contribution in [0.15, 0.2) is 30.5 Å². The van der Waals surface area contributed by atoms with Crippen LogP contribution >= 0.6 is 22.9 Å². The molecule has 1 atom stereocenters. The van der Waals surface area contributed by atoms with Crippen molar-refractivity contribution in [1.29, 1.82) is 0 Å². The van der Waals surface area contributed by atoms with Gasteiger partial charge >= 0.3 is 5.97 Å². The van der Waals surface area contributed by atoms with Crippen LogP contribution in [-0.4, -0.2) is 39.5 Å². The summed E-state index contributed by atoms with van der Waals surface area (Å²) >= 11 is 7.39. The van der Waals surface area contributed by atoms with E-state index < -0.39 is 12.0 Å². The van der Waals surface area contributed by atoms with Crippen LogP contribution in [0.2, 0.25) is 5.02 Å². The number of rotatable bonds is 3. The van der Waals surface area contributed by atoms with Gasteiger partial charge in [-0.05, 0) is 25.3 Å². The van der Waals surface area contributed by atoms with Crippen LogP contribution in [0.1, 0.15) is 28.9 Å². The Kier molecular flexibility index (Phi) is 4.63. The van der Waals surface area contributed by atoms with Crippen LogP contribution < -0.4 is 0 Å². The summed E-state index contributed by atoms with van der Waals surface area (Å²) in [7, 11) is 0. The third-order valence-electron chi connectivity index (χ3n) is 3.87. The quantitative estimate of drug-likeness (QED) is 0.919. The largest absolute Gasteiger partial charge is 0.480 e. The number of benzene rings is 1. The lowest BCUT2D eigenvalue weighted by Crippen LogP contribution is -2.47. The number of carbonyl (C=O) groups is 2. The fraction of sp³-hybridized carbons (Fsp3) is 0.312. The topological polar surface area (TPSA) is 70.5 Å². The average Bonchev–Trinajstić information content (AvgIpc) is 3.04. The maximum atomic E-state index is 12.6. The Morgan fingerprint density at radius 2 is 2.09 bits per heavy atom. The van der Waals surface area contributed by atoms with Gasteiger partial charge in [0.25, 0.3) is 5.91 Å². The van der Waals surface area contributed by atoms with Crippen molar-refractivity contribution < 1.29 is 14.7 Å². The molecule has 0 saturated carbocycles. The second kappa shape index (κ2) is 6.68. The highest BCUT2D eigenvalue weighted by molar-refractivity contribution is 7.17. The summed E-state index contributed by atoms with van der Waals surface area (Å²) in [4.78, 5) is 30.1. The predicted molar refractivity (Wildman–Crippen MR) is 88.9 cm³/mol. The van der Waals surface area contributed by atoms with Gasteiger partial charge in [0.1, 0.15) is 15.9 Å². The fourth-order valence-corrected chi connectivity index (χ4v) is 3.90. The minimum absolute atomic E-state index is 0.270. The van der Waals surface area contributed by atoms with E-state index in [1.165, 1.54) is 22.4 Å². The van der Waals surface area contributed by atoms with Gasteiger partial charge in [-0.2, -0.15) is 0 Å². The number of nitrogens with zero attached hydrogens (tertiary/aromatic N) is 2. The second-order valence-corrected chi connectivity index (χ2v) is 6.80. The van der Waals surface area contributed by atoms with Crippen molar-refractivity contribution in [2.45, 2.75) is 25.3 Å². The van der Waals surface area contributed by atoms with Crippen LogP contribution in [0, 0.1) is 0 Å². The molecule has 1 aliphatic heterocycles. The molecule has 1 N–H and O–H groups in total. The van der Waals surface area contributed by atoms with Gasteiger partial charge in [-0.15, -0.1) is 11.3 Å². The summed E-state index contributed by atoms with van der Waals surface area (Å²) < 4.78 is 0. The predicted octanol–water partition coefficient (Wildman–Crippen LogP) is 3.54. The number of amides is 1. The average molecular weight is 351 g/mol. The smallest absolute Gasteiger partial charge is 0.326 e. The number of hydrogen-bond donors (Lipinski definition) is 1. The second-order valence-electron chi connectivity index (χ2n) is 5.36. The van der Waals surface area contributed by atoms with Crippen LogP contribution in [0.25, 0.3) is 10.6 Å². The Balaban J connectivity index is 1.86. The van der Waals surface area contributed by atoms with E-state index in [9.17, 15) is 14.7 Å². The maximum Gasteiger partial charge on any atom is 0.326 e. The molecule has 23 heavy (non-hydrogen) atoms. The number of aromatic nitrogens is 1. The lowest BCUT2D eigenvalue weighted by atomic mass is 10.0. The molecule has 0 bridgehead atoms. The molecule has 1 fully saturated rings. The minimum Gasteiger partial charge on any atom is -0.480 e. The molecule has 7 heteroatoms. The highest BCUT2D eigenvalue weighted by Gasteiger charge is 2.33. The molecular formula is C16H15ClN2O3S. The van der Waals surface area contributed by atoms with E-state index in [1.807, 2.05) is 18.2 Å². The monoisotopic (exact) mass is 350 g/mol. The Bertz CT molecular complexity index is 746. The molecule has 0 unspecified atom stereocenters. The lowest BCUT2D eigenvalue weighted by Gasteiger charge is -2.32. The van der Waals surface area contributed by atoms with E-state index in [1.54, 1.807) is 6.07 Å². The number of aliphatic carboxylic acids is 1. The normalized spacial score (nSPS) is 18.0. The zero-order chi connectivity index (χ0) is 16.4. The van der Waals surface area contributed by atoms with E-state index >= 15 is 0 Å². The first-order valence-corrected chi connectivity index (χ1v) is 8.52. The SMILES string of the molecule is O=C(O)[C@H]1CCCCN1C(=O)c1cnc(-c2ccccc2Cl)s1. The Labute approximate surface area is 142 Å². The molecular weight excluding hydrogens is 336 g/mol. The van der Waals surface area contributed by atoms with E-state index in [0.29, 0.717) is 27.9 Å². The molecule has 2 aromatic rings. The number of halogens is 1. The Morgan fingerprint density at radius 3 is 2.83 bits per heavy atom.